The summed E-state index contributed by atoms with van der Waals surface area (Å²) in [6, 6.07) is 2.17. The van der Waals surface area contributed by atoms with Crippen molar-refractivity contribution in [2.75, 3.05) is 13.1 Å². The molecule has 2 fully saturated rings. The summed E-state index contributed by atoms with van der Waals surface area (Å²) in [6.07, 6.45) is 3.52. The van der Waals surface area contributed by atoms with E-state index in [-0.39, 0.29) is 11.5 Å². The lowest BCUT2D eigenvalue weighted by Crippen LogP contribution is -2.45. The predicted octanol–water partition coefficient (Wildman–Crippen LogP) is 1.80. The van der Waals surface area contributed by atoms with Crippen LogP contribution in [0.2, 0.25) is 0 Å². The minimum atomic E-state index is -0.438. The Morgan fingerprint density at radius 3 is 2.73 bits per heavy atom. The number of thiophene rings is 1. The number of aryl methyl sites for hydroxylation is 1. The van der Waals surface area contributed by atoms with E-state index in [0.717, 1.165) is 38.3 Å². The number of rotatable bonds is 4. The molecule has 0 bridgehead atoms. The quantitative estimate of drug-likeness (QED) is 0.768. The van der Waals surface area contributed by atoms with Crippen LogP contribution in [0.25, 0.3) is 0 Å². The number of hydrogen-bond donors (Lipinski definition) is 0. The van der Waals surface area contributed by atoms with E-state index in [0.29, 0.717) is 24.9 Å². The highest BCUT2D eigenvalue weighted by Gasteiger charge is 2.42. The fraction of sp³-hybridized carbons (Fsp3) is 0.632. The predicted molar refractivity (Wildman–Crippen MR) is 101 cm³/mol. The fourth-order valence-electron chi connectivity index (χ4n) is 4.62. The minimum Gasteiger partial charge on any atom is -0.297 e. The van der Waals surface area contributed by atoms with E-state index in [4.69, 9.17) is 0 Å². The van der Waals surface area contributed by atoms with Crippen LogP contribution in [0.4, 0.5) is 0 Å². The lowest BCUT2D eigenvalue weighted by Gasteiger charge is -2.25. The van der Waals surface area contributed by atoms with E-state index in [1.165, 1.54) is 21.5 Å². The van der Waals surface area contributed by atoms with E-state index in [2.05, 4.69) is 28.4 Å². The summed E-state index contributed by atoms with van der Waals surface area (Å²) in [5, 5.41) is 6.82. The van der Waals surface area contributed by atoms with Crippen molar-refractivity contribution < 1.29 is 0 Å². The van der Waals surface area contributed by atoms with Crippen LogP contribution < -0.4 is 11.1 Å². The molecule has 26 heavy (non-hydrogen) atoms. The van der Waals surface area contributed by atoms with E-state index in [9.17, 15) is 9.59 Å². The molecule has 5 rings (SSSR count). The van der Waals surface area contributed by atoms with Gasteiger partial charge in [-0.2, -0.15) is 5.10 Å². The molecule has 2 aromatic rings. The molecule has 0 spiro atoms. The van der Waals surface area contributed by atoms with Crippen molar-refractivity contribution in [3.05, 3.63) is 48.4 Å². The monoisotopic (exact) mass is 372 g/mol. The molecule has 4 heterocycles. The van der Waals surface area contributed by atoms with E-state index >= 15 is 0 Å². The Morgan fingerprint density at radius 2 is 2.04 bits per heavy atom. The molecule has 7 heteroatoms. The van der Waals surface area contributed by atoms with Crippen LogP contribution in [0, 0.1) is 18.8 Å². The first kappa shape index (κ1) is 16.4. The molecule has 0 N–H and O–H groups in total. The van der Waals surface area contributed by atoms with Crippen LogP contribution in [0.5, 0.6) is 0 Å². The zero-order valence-corrected chi connectivity index (χ0v) is 15.9. The van der Waals surface area contributed by atoms with Crippen LogP contribution in [-0.2, 0) is 19.6 Å². The van der Waals surface area contributed by atoms with Crippen LogP contribution in [0.15, 0.2) is 21.0 Å². The van der Waals surface area contributed by atoms with Crippen LogP contribution in [-0.4, -0.2) is 32.3 Å². The molecule has 1 aliphatic carbocycles. The average molecular weight is 372 g/mol. The molecule has 3 aliphatic rings. The lowest BCUT2D eigenvalue weighted by molar-refractivity contribution is 0.256. The second-order valence-corrected chi connectivity index (χ2v) is 9.15. The van der Waals surface area contributed by atoms with Gasteiger partial charge in [0, 0.05) is 49.4 Å². The highest BCUT2D eigenvalue weighted by atomic mass is 32.1. The molecule has 2 aromatic heterocycles. The van der Waals surface area contributed by atoms with E-state index < -0.39 is 5.56 Å². The van der Waals surface area contributed by atoms with E-state index in [1.807, 2.05) is 11.3 Å². The molecule has 2 aliphatic heterocycles. The number of fused-ring (bicyclic) bond motifs is 3. The van der Waals surface area contributed by atoms with Gasteiger partial charge >= 0.3 is 11.1 Å². The van der Waals surface area contributed by atoms with Crippen molar-refractivity contribution in [1.82, 2.24) is 19.2 Å². The third-order valence-corrected chi connectivity index (χ3v) is 7.43. The molecule has 0 aromatic carbocycles. The Hall–Kier alpha value is -1.73. The van der Waals surface area contributed by atoms with Gasteiger partial charge in [-0.3, -0.25) is 19.1 Å². The topological polar surface area (TPSA) is 60.1 Å². The summed E-state index contributed by atoms with van der Waals surface area (Å²) in [5.74, 6) is 2.02. The Morgan fingerprint density at radius 1 is 1.19 bits per heavy atom. The minimum absolute atomic E-state index is 0.274. The van der Waals surface area contributed by atoms with Crippen molar-refractivity contribution >= 4 is 11.3 Å². The Labute approximate surface area is 156 Å². The van der Waals surface area contributed by atoms with Gasteiger partial charge in [0.1, 0.15) is 5.82 Å². The maximum atomic E-state index is 12.6. The zero-order valence-electron chi connectivity index (χ0n) is 15.1. The molecule has 6 nitrogen and oxygen atoms in total. The summed E-state index contributed by atoms with van der Waals surface area (Å²) in [6.45, 7) is 6.29. The fourth-order valence-corrected chi connectivity index (χ4v) is 5.57. The van der Waals surface area contributed by atoms with Gasteiger partial charge in [-0.15, -0.1) is 11.3 Å². The number of aromatic nitrogens is 3. The first-order chi connectivity index (χ1) is 12.6. The summed E-state index contributed by atoms with van der Waals surface area (Å²) in [5.41, 5.74) is 0.548. The van der Waals surface area contributed by atoms with Crippen LogP contribution >= 0.6 is 11.3 Å². The van der Waals surface area contributed by atoms with Crippen LogP contribution in [0.3, 0.4) is 0 Å². The number of nitrogens with zero attached hydrogens (tertiary/aromatic N) is 4. The van der Waals surface area contributed by atoms with Gasteiger partial charge in [0.15, 0.2) is 0 Å². The smallest absolute Gasteiger partial charge is 0.297 e. The Bertz CT molecular complexity index is 955. The average Bonchev–Trinajstić information content (AvgIpc) is 3.24. The second kappa shape index (κ2) is 6.16. The Kier molecular flexibility index (Phi) is 3.90. The molecule has 2 atom stereocenters. The maximum Gasteiger partial charge on any atom is 0.332 e. The van der Waals surface area contributed by atoms with Gasteiger partial charge in [0.2, 0.25) is 0 Å². The molecule has 0 amide bonds. The molecule has 0 radical (unpaired) electrons. The first-order valence-corrected chi connectivity index (χ1v) is 10.5. The van der Waals surface area contributed by atoms with Gasteiger partial charge in [-0.25, -0.2) is 4.68 Å². The zero-order chi connectivity index (χ0) is 17.8. The Balaban J connectivity index is 1.40. The second-order valence-electron chi connectivity index (χ2n) is 8.15. The highest BCUT2D eigenvalue weighted by molar-refractivity contribution is 7.10. The standard InChI is InChI=1S/C19H24N4O2S/c1-12-5-6-26-16(12)11-21-8-14-9-22-17(15(14)10-21)20-23(19(25)18(22)24)7-13-3-2-4-13/h5-6,13-15H,2-4,7-11H2,1H3/t14-,15-/m1/s1. The van der Waals surface area contributed by atoms with Crippen molar-refractivity contribution in [1.29, 1.82) is 0 Å². The lowest BCUT2D eigenvalue weighted by atomic mass is 9.85. The molecule has 1 saturated heterocycles. The molecule has 0 unspecified atom stereocenters. The van der Waals surface area contributed by atoms with Crippen LogP contribution in [0.1, 0.15) is 41.4 Å². The van der Waals surface area contributed by atoms with Gasteiger partial charge in [0.05, 0.1) is 0 Å². The number of hydrogen-bond acceptors (Lipinski definition) is 5. The SMILES string of the molecule is Cc1ccsc1CN1C[C@@H]2Cn3c(nn(CC4CCC4)c(=O)c3=O)[C@@H]2C1. The summed E-state index contributed by atoms with van der Waals surface area (Å²) >= 11 is 1.81. The van der Waals surface area contributed by atoms with E-state index in [1.54, 1.807) is 4.57 Å². The normalized spacial score (nSPS) is 25.3. The maximum absolute atomic E-state index is 12.6. The summed E-state index contributed by atoms with van der Waals surface area (Å²) < 4.78 is 3.12. The summed E-state index contributed by atoms with van der Waals surface area (Å²) in [4.78, 5) is 28.9. The molecular formula is C19H24N4O2S. The number of likely N-dealkylation sites (tertiary alicyclic amines) is 1. The first-order valence-electron chi connectivity index (χ1n) is 9.57. The van der Waals surface area contributed by atoms with Crippen molar-refractivity contribution in [2.45, 2.75) is 51.7 Å². The summed E-state index contributed by atoms with van der Waals surface area (Å²) in [7, 11) is 0. The van der Waals surface area contributed by atoms with Gasteiger partial charge in [-0.05, 0) is 42.7 Å². The molecule has 138 valence electrons. The van der Waals surface area contributed by atoms with Gasteiger partial charge < -0.3 is 0 Å². The highest BCUT2D eigenvalue weighted by Crippen LogP contribution is 2.38. The van der Waals surface area contributed by atoms with Crippen molar-refractivity contribution in [3.63, 3.8) is 0 Å². The largest absolute Gasteiger partial charge is 0.332 e. The van der Waals surface area contributed by atoms with Crippen molar-refractivity contribution in [2.24, 2.45) is 11.8 Å². The molecule has 1 saturated carbocycles. The third-order valence-electron chi connectivity index (χ3n) is 6.42. The molecular weight excluding hydrogens is 348 g/mol. The third kappa shape index (κ3) is 2.60. The van der Waals surface area contributed by atoms with Crippen molar-refractivity contribution in [3.8, 4) is 0 Å². The van der Waals surface area contributed by atoms with Gasteiger partial charge in [0.25, 0.3) is 0 Å². The van der Waals surface area contributed by atoms with Gasteiger partial charge in [-0.1, -0.05) is 6.42 Å².